The van der Waals surface area contributed by atoms with Crippen LogP contribution in [0.15, 0.2) is 48.5 Å². The fourth-order valence-electron chi connectivity index (χ4n) is 3.96. The molecule has 1 unspecified atom stereocenters. The lowest BCUT2D eigenvalue weighted by Gasteiger charge is -2.35. The number of hydrogen-bond donors (Lipinski definition) is 1. The lowest BCUT2D eigenvalue weighted by Crippen LogP contribution is -2.49. The van der Waals surface area contributed by atoms with Gasteiger partial charge in [-0.1, -0.05) is 36.4 Å². The number of esters is 1. The van der Waals surface area contributed by atoms with Crippen LogP contribution < -0.4 is 10.1 Å². The summed E-state index contributed by atoms with van der Waals surface area (Å²) >= 11 is 0. The van der Waals surface area contributed by atoms with Gasteiger partial charge in [0.05, 0.1) is 14.2 Å². The number of rotatable bonds is 8. The smallest absolute Gasteiger partial charge is 0.323 e. The van der Waals surface area contributed by atoms with Crippen molar-refractivity contribution in [1.29, 1.82) is 0 Å². The molecule has 1 aliphatic rings. The van der Waals surface area contributed by atoms with Crippen molar-refractivity contribution in [2.45, 2.75) is 31.1 Å². The van der Waals surface area contributed by atoms with Crippen molar-refractivity contribution in [2.24, 2.45) is 0 Å². The molecule has 0 spiro atoms. The number of benzene rings is 2. The van der Waals surface area contributed by atoms with Gasteiger partial charge in [0.1, 0.15) is 5.75 Å². The number of nitrogens with one attached hydrogen (secondary N) is 1. The monoisotopic (exact) mass is 381 g/mol. The normalized spacial score (nSPS) is 18.4. The Kier molecular flexibility index (Phi) is 6.47. The molecule has 0 fully saturated rings. The van der Waals surface area contributed by atoms with E-state index < -0.39 is 11.4 Å². The molecule has 0 aromatic heterocycles. The van der Waals surface area contributed by atoms with Crippen molar-refractivity contribution in [3.8, 4) is 5.75 Å². The number of aryl methyl sites for hydroxylation is 1. The zero-order chi connectivity index (χ0) is 20.0. The van der Waals surface area contributed by atoms with Crippen molar-refractivity contribution >= 4 is 11.8 Å². The quantitative estimate of drug-likeness (QED) is 0.433. The van der Waals surface area contributed by atoms with E-state index in [0.717, 1.165) is 24.1 Å². The Hall–Kier alpha value is -2.66. The second-order valence-electron chi connectivity index (χ2n) is 7.08. The minimum Gasteiger partial charge on any atom is -0.497 e. The highest BCUT2D eigenvalue weighted by molar-refractivity contribution is 6.11. The van der Waals surface area contributed by atoms with Gasteiger partial charge in [-0.05, 0) is 61.2 Å². The zero-order valence-corrected chi connectivity index (χ0v) is 16.5. The third kappa shape index (κ3) is 3.94. The van der Waals surface area contributed by atoms with Gasteiger partial charge in [-0.25, -0.2) is 0 Å². The number of ether oxygens (including phenoxy) is 2. The van der Waals surface area contributed by atoms with Crippen molar-refractivity contribution in [3.63, 3.8) is 0 Å². The van der Waals surface area contributed by atoms with Crippen molar-refractivity contribution in [3.05, 3.63) is 65.2 Å². The van der Waals surface area contributed by atoms with Crippen LogP contribution in [0.1, 0.15) is 29.5 Å². The van der Waals surface area contributed by atoms with Crippen LogP contribution in [0.25, 0.3) is 0 Å². The molecular weight excluding hydrogens is 354 g/mol. The molecule has 1 N–H and O–H groups in total. The fraction of sp³-hybridized carbons (Fsp3) is 0.391. The SMILES string of the molecule is COC(=O)C1(CCNCCc2ccccc2)C(=O)CCc2ccc(OC)cc21. The van der Waals surface area contributed by atoms with Gasteiger partial charge in [-0.2, -0.15) is 0 Å². The molecule has 1 atom stereocenters. The minimum absolute atomic E-state index is 0.0787. The van der Waals surface area contributed by atoms with Gasteiger partial charge in [0.15, 0.2) is 11.2 Å². The molecule has 0 amide bonds. The average molecular weight is 381 g/mol. The molecule has 0 aliphatic heterocycles. The third-order valence-electron chi connectivity index (χ3n) is 5.52. The topological polar surface area (TPSA) is 64.6 Å². The molecule has 2 aromatic rings. The Balaban J connectivity index is 1.77. The molecule has 0 heterocycles. The van der Waals surface area contributed by atoms with E-state index in [1.807, 2.05) is 36.4 Å². The van der Waals surface area contributed by atoms with E-state index in [1.165, 1.54) is 12.7 Å². The lowest BCUT2D eigenvalue weighted by atomic mass is 9.67. The van der Waals surface area contributed by atoms with Crippen molar-refractivity contribution < 1.29 is 19.1 Å². The van der Waals surface area contributed by atoms with E-state index in [0.29, 0.717) is 31.6 Å². The Morgan fingerprint density at radius 1 is 1.07 bits per heavy atom. The number of carbonyl (C=O) groups is 2. The first-order chi connectivity index (χ1) is 13.6. The van der Waals surface area contributed by atoms with Crippen LogP contribution in [-0.4, -0.2) is 39.1 Å². The van der Waals surface area contributed by atoms with Gasteiger partial charge in [-0.3, -0.25) is 9.59 Å². The highest BCUT2D eigenvalue weighted by Crippen LogP contribution is 2.40. The molecular formula is C23H27NO4. The van der Waals surface area contributed by atoms with E-state index in [-0.39, 0.29) is 5.78 Å². The molecule has 148 valence electrons. The maximum absolute atomic E-state index is 13.0. The summed E-state index contributed by atoms with van der Waals surface area (Å²) in [6.07, 6.45) is 2.24. The van der Waals surface area contributed by atoms with Crippen LogP contribution in [0.4, 0.5) is 0 Å². The number of Topliss-reactive ketones (excluding diaryl/α,β-unsaturated/α-hetero) is 1. The highest BCUT2D eigenvalue weighted by atomic mass is 16.5. The first kappa shape index (κ1) is 20.1. The van der Waals surface area contributed by atoms with E-state index in [1.54, 1.807) is 7.11 Å². The van der Waals surface area contributed by atoms with Crippen molar-refractivity contribution in [1.82, 2.24) is 5.32 Å². The van der Waals surface area contributed by atoms with E-state index in [9.17, 15) is 9.59 Å². The van der Waals surface area contributed by atoms with E-state index >= 15 is 0 Å². The summed E-state index contributed by atoms with van der Waals surface area (Å²) in [5.41, 5.74) is 1.72. The van der Waals surface area contributed by atoms with Gasteiger partial charge < -0.3 is 14.8 Å². The van der Waals surface area contributed by atoms with Gasteiger partial charge in [0.2, 0.25) is 0 Å². The third-order valence-corrected chi connectivity index (χ3v) is 5.52. The standard InChI is InChI=1S/C23H27NO4/c1-27-19-10-8-18-9-11-21(25)23(20(18)16-19,22(26)28-2)13-15-24-14-12-17-6-4-3-5-7-17/h3-8,10,16,24H,9,11-15H2,1-2H3. The largest absolute Gasteiger partial charge is 0.497 e. The van der Waals surface area contributed by atoms with Gasteiger partial charge in [-0.15, -0.1) is 0 Å². The maximum atomic E-state index is 13.0. The number of hydrogen-bond acceptors (Lipinski definition) is 5. The fourth-order valence-corrected chi connectivity index (χ4v) is 3.96. The Morgan fingerprint density at radius 3 is 2.57 bits per heavy atom. The van der Waals surface area contributed by atoms with Crippen LogP contribution in [0.5, 0.6) is 5.75 Å². The van der Waals surface area contributed by atoms with Crippen LogP contribution in [0.3, 0.4) is 0 Å². The first-order valence-corrected chi connectivity index (χ1v) is 9.65. The van der Waals surface area contributed by atoms with Crippen molar-refractivity contribution in [2.75, 3.05) is 27.3 Å². The Morgan fingerprint density at radius 2 is 1.86 bits per heavy atom. The predicted octanol–water partition coefficient (Wildman–Crippen LogP) is 2.84. The summed E-state index contributed by atoms with van der Waals surface area (Å²) in [7, 11) is 2.92. The van der Waals surface area contributed by atoms with Gasteiger partial charge >= 0.3 is 5.97 Å². The molecule has 28 heavy (non-hydrogen) atoms. The van der Waals surface area contributed by atoms with E-state index in [2.05, 4.69) is 17.4 Å². The van der Waals surface area contributed by atoms with Gasteiger partial charge in [0.25, 0.3) is 0 Å². The average Bonchev–Trinajstić information content (AvgIpc) is 2.74. The first-order valence-electron chi connectivity index (χ1n) is 9.65. The number of carbonyl (C=O) groups excluding carboxylic acids is 2. The number of methoxy groups -OCH3 is 2. The molecule has 2 aromatic carbocycles. The second-order valence-corrected chi connectivity index (χ2v) is 7.08. The molecule has 0 bridgehead atoms. The Labute approximate surface area is 166 Å². The second kappa shape index (κ2) is 9.02. The molecule has 0 saturated heterocycles. The summed E-state index contributed by atoms with van der Waals surface area (Å²) < 4.78 is 10.4. The van der Waals surface area contributed by atoms with Crippen LogP contribution in [0.2, 0.25) is 0 Å². The van der Waals surface area contributed by atoms with Crippen LogP contribution >= 0.6 is 0 Å². The highest BCUT2D eigenvalue weighted by Gasteiger charge is 2.50. The molecule has 3 rings (SSSR count). The Bertz CT molecular complexity index is 834. The zero-order valence-electron chi connectivity index (χ0n) is 16.5. The summed E-state index contributed by atoms with van der Waals surface area (Å²) in [4.78, 5) is 25.8. The molecule has 5 nitrogen and oxygen atoms in total. The maximum Gasteiger partial charge on any atom is 0.323 e. The van der Waals surface area contributed by atoms with Crippen LogP contribution in [0, 0.1) is 0 Å². The summed E-state index contributed by atoms with van der Waals surface area (Å²) in [6, 6.07) is 15.8. The predicted molar refractivity (Wildman–Crippen MR) is 108 cm³/mol. The number of ketones is 1. The van der Waals surface area contributed by atoms with Crippen LogP contribution in [-0.2, 0) is 32.6 Å². The lowest BCUT2D eigenvalue weighted by molar-refractivity contribution is -0.153. The molecule has 0 radical (unpaired) electrons. The van der Waals surface area contributed by atoms with E-state index in [4.69, 9.17) is 9.47 Å². The minimum atomic E-state index is -1.27. The molecule has 0 saturated carbocycles. The molecule has 5 heteroatoms. The molecule has 1 aliphatic carbocycles. The summed E-state index contributed by atoms with van der Waals surface area (Å²) in [6.45, 7) is 1.32. The van der Waals surface area contributed by atoms with Gasteiger partial charge in [0, 0.05) is 6.42 Å². The summed E-state index contributed by atoms with van der Waals surface area (Å²) in [5, 5.41) is 3.37. The number of fused-ring (bicyclic) bond motifs is 1. The summed E-state index contributed by atoms with van der Waals surface area (Å²) in [5.74, 6) is 0.0697.